The van der Waals surface area contributed by atoms with Crippen LogP contribution in [0.4, 0.5) is 34.1 Å². The van der Waals surface area contributed by atoms with Gasteiger partial charge in [0, 0.05) is 39.0 Å². The van der Waals surface area contributed by atoms with E-state index in [0.717, 1.165) is 23.3 Å². The number of rotatable bonds is 8. The summed E-state index contributed by atoms with van der Waals surface area (Å²) in [5.74, 6) is -2.54. The molecule has 0 radical (unpaired) electrons. The summed E-state index contributed by atoms with van der Waals surface area (Å²) in [6.07, 6.45) is 0. The minimum Gasteiger partial charge on any atom is -0.744 e. The van der Waals surface area contributed by atoms with Crippen LogP contribution < -0.4 is 81.2 Å². The Morgan fingerprint density at radius 3 is 1.03 bits per heavy atom. The molecule has 0 aromatic heterocycles. The maximum atomic E-state index is 13.7. The number of benzene rings is 6. The van der Waals surface area contributed by atoms with Crippen LogP contribution in [0.2, 0.25) is 0 Å². The standard InChI is InChI=1S/C43H32N4O10S2.2Na/c1-43(2,21-11-15-23(16-12-21)46-29-19-31(58(52,53)54)37(44)35-33(29)39(48)25-7-3-5-9-27(25)41(35)50)22-13-17-24(18-14-22)47-30-20-32(59(55,56)57)38(45)36-34(30)40(49)26-8-4-6-10-28(26)42(36)51;;/h3-20,46-47H,44-45H2,1-2H3,(H,52,53,54)(H,55,56,57);;/q;2*+1/p-2. The first-order chi connectivity index (χ1) is 27.8. The molecule has 0 aliphatic heterocycles. The van der Waals surface area contributed by atoms with E-state index >= 15 is 0 Å². The molecular formula is C43H30N4Na2O10S2. The SMILES string of the molecule is CC(C)(c1ccc(Nc2cc(S(=O)(=O)[O-])c(N)c3c2C(=O)c2ccccc2C3=O)cc1)c1ccc(Nc2cc(S(=O)(=O)[O-])c(N)c3c2C(=O)c2ccccc2C3=O)cc1.[Na+].[Na+]. The molecular weight excluding hydrogens is 843 g/mol. The quantitative estimate of drug-likeness (QED) is 0.0893. The van der Waals surface area contributed by atoms with E-state index in [1.807, 2.05) is 13.8 Å². The number of nitrogen functional groups attached to an aromatic ring is 2. The van der Waals surface area contributed by atoms with Gasteiger partial charge in [-0.1, -0.05) is 86.6 Å². The van der Waals surface area contributed by atoms with E-state index in [1.165, 1.54) is 24.3 Å². The normalized spacial score (nSPS) is 13.2. The van der Waals surface area contributed by atoms with Crippen LogP contribution in [0.5, 0.6) is 0 Å². The molecule has 0 fully saturated rings. The van der Waals surface area contributed by atoms with Crippen molar-refractivity contribution in [3.8, 4) is 0 Å². The van der Waals surface area contributed by atoms with Gasteiger partial charge in [-0.05, 0) is 47.5 Å². The van der Waals surface area contributed by atoms with Gasteiger partial charge in [0.1, 0.15) is 20.2 Å². The Morgan fingerprint density at radius 1 is 0.475 bits per heavy atom. The predicted octanol–water partition coefficient (Wildman–Crippen LogP) is 0.0311. The van der Waals surface area contributed by atoms with Crippen LogP contribution in [0.15, 0.2) is 119 Å². The smallest absolute Gasteiger partial charge is 0.744 e. The van der Waals surface area contributed by atoms with E-state index in [0.29, 0.717) is 11.4 Å². The molecule has 0 amide bonds. The average Bonchev–Trinajstić information content (AvgIpc) is 3.19. The molecule has 6 aromatic rings. The number of hydrogen-bond acceptors (Lipinski definition) is 14. The summed E-state index contributed by atoms with van der Waals surface area (Å²) in [6, 6.07) is 27.8. The molecule has 0 spiro atoms. The third-order valence-corrected chi connectivity index (χ3v) is 12.5. The zero-order chi connectivity index (χ0) is 42.3. The molecule has 61 heavy (non-hydrogen) atoms. The number of ketones is 4. The second-order valence-electron chi connectivity index (χ2n) is 14.5. The molecule has 296 valence electrons. The van der Waals surface area contributed by atoms with Crippen LogP contribution in [-0.2, 0) is 25.7 Å². The van der Waals surface area contributed by atoms with Crippen LogP contribution in [0.1, 0.15) is 88.7 Å². The van der Waals surface area contributed by atoms with Crippen molar-refractivity contribution < 1.29 is 104 Å². The summed E-state index contributed by atoms with van der Waals surface area (Å²) >= 11 is 0. The Hall–Kier alpha value is -4.98. The minimum atomic E-state index is -5.16. The summed E-state index contributed by atoms with van der Waals surface area (Å²) in [6.45, 7) is 3.90. The van der Waals surface area contributed by atoms with Gasteiger partial charge < -0.3 is 31.2 Å². The Morgan fingerprint density at radius 2 is 0.754 bits per heavy atom. The van der Waals surface area contributed by atoms with Crippen molar-refractivity contribution in [1.29, 1.82) is 0 Å². The van der Waals surface area contributed by atoms with Gasteiger partial charge in [-0.2, -0.15) is 0 Å². The van der Waals surface area contributed by atoms with Crippen molar-refractivity contribution in [1.82, 2.24) is 0 Å². The number of carbonyl (C=O) groups is 4. The topological polar surface area (TPSA) is 259 Å². The molecule has 18 heteroatoms. The van der Waals surface area contributed by atoms with Crippen molar-refractivity contribution in [2.24, 2.45) is 0 Å². The second kappa shape index (κ2) is 16.4. The zero-order valence-electron chi connectivity index (χ0n) is 32.9. The van der Waals surface area contributed by atoms with Crippen LogP contribution in [-0.4, -0.2) is 49.1 Å². The van der Waals surface area contributed by atoms with Gasteiger partial charge in [-0.25, -0.2) is 16.8 Å². The average molecular weight is 873 g/mol. The Labute approximate surface area is 394 Å². The molecule has 0 unspecified atom stereocenters. The second-order valence-corrected chi connectivity index (χ2v) is 17.2. The van der Waals surface area contributed by atoms with Crippen molar-refractivity contribution in [2.75, 3.05) is 22.1 Å². The van der Waals surface area contributed by atoms with Gasteiger partial charge in [0.15, 0.2) is 23.1 Å². The van der Waals surface area contributed by atoms with Gasteiger partial charge >= 0.3 is 59.1 Å². The fourth-order valence-electron chi connectivity index (χ4n) is 7.62. The molecule has 0 heterocycles. The maximum absolute atomic E-state index is 13.7. The largest absolute Gasteiger partial charge is 1.00 e. The molecule has 6 aromatic carbocycles. The Bertz CT molecular complexity index is 2910. The van der Waals surface area contributed by atoms with Crippen molar-refractivity contribution in [3.05, 3.63) is 165 Å². The fraction of sp³-hybridized carbons (Fsp3) is 0.0698. The molecule has 0 bridgehead atoms. The zero-order valence-corrected chi connectivity index (χ0v) is 38.6. The van der Waals surface area contributed by atoms with Crippen LogP contribution >= 0.6 is 0 Å². The van der Waals surface area contributed by atoms with Crippen LogP contribution in [0, 0.1) is 0 Å². The first-order valence-electron chi connectivity index (χ1n) is 17.8. The van der Waals surface area contributed by atoms with E-state index in [2.05, 4.69) is 10.6 Å². The molecule has 0 saturated heterocycles. The third kappa shape index (κ3) is 7.78. The summed E-state index contributed by atoms with van der Waals surface area (Å²) < 4.78 is 73.4. The number of hydrogen-bond donors (Lipinski definition) is 4. The van der Waals surface area contributed by atoms with Gasteiger partial charge in [-0.3, -0.25) is 19.2 Å². The van der Waals surface area contributed by atoms with Crippen molar-refractivity contribution >= 4 is 77.5 Å². The molecule has 8 rings (SSSR count). The molecule has 2 aliphatic carbocycles. The number of nitrogens with one attached hydrogen (secondary N) is 2. The molecule has 0 saturated carbocycles. The van der Waals surface area contributed by atoms with Gasteiger partial charge in [0.05, 0.1) is 54.8 Å². The third-order valence-electron chi connectivity index (χ3n) is 10.7. The maximum Gasteiger partial charge on any atom is 1.00 e. The number of carbonyl (C=O) groups excluding carboxylic acids is 4. The van der Waals surface area contributed by atoms with Crippen LogP contribution in [0.25, 0.3) is 0 Å². The van der Waals surface area contributed by atoms with E-state index in [4.69, 9.17) is 11.5 Å². The minimum absolute atomic E-state index is 0. The van der Waals surface area contributed by atoms with E-state index in [9.17, 15) is 45.1 Å². The summed E-state index contributed by atoms with van der Waals surface area (Å²) in [4.78, 5) is 52.8. The van der Waals surface area contributed by atoms with E-state index in [-0.39, 0.29) is 115 Å². The van der Waals surface area contributed by atoms with Crippen LogP contribution in [0.3, 0.4) is 0 Å². The first kappa shape index (κ1) is 45.5. The fourth-order valence-corrected chi connectivity index (χ4v) is 8.88. The van der Waals surface area contributed by atoms with E-state index in [1.54, 1.807) is 72.8 Å². The van der Waals surface area contributed by atoms with Gasteiger partial charge in [0.25, 0.3) is 0 Å². The van der Waals surface area contributed by atoms with Gasteiger partial charge in [0.2, 0.25) is 0 Å². The molecule has 6 N–H and O–H groups in total. The summed E-state index contributed by atoms with van der Waals surface area (Å²) in [5.41, 5.74) is 11.7. The number of nitrogens with two attached hydrogens (primary N) is 2. The Balaban J connectivity index is 0.00000311. The molecule has 2 aliphatic rings. The van der Waals surface area contributed by atoms with Crippen molar-refractivity contribution in [3.63, 3.8) is 0 Å². The first-order valence-corrected chi connectivity index (χ1v) is 20.6. The number of fused-ring (bicyclic) bond motifs is 4. The molecule has 0 atom stereocenters. The summed E-state index contributed by atoms with van der Waals surface area (Å²) in [5, 5.41) is 6.00. The number of anilines is 6. The van der Waals surface area contributed by atoms with Gasteiger partial charge in [-0.15, -0.1) is 0 Å². The molecule has 14 nitrogen and oxygen atoms in total. The summed E-state index contributed by atoms with van der Waals surface area (Å²) in [7, 11) is -10.3. The Kier molecular flexibility index (Phi) is 12.2. The predicted molar refractivity (Wildman–Crippen MR) is 216 cm³/mol. The monoisotopic (exact) mass is 872 g/mol. The van der Waals surface area contributed by atoms with E-state index < -0.39 is 69.9 Å². The van der Waals surface area contributed by atoms with Crippen molar-refractivity contribution in [2.45, 2.75) is 29.1 Å².